The van der Waals surface area contributed by atoms with Crippen LogP contribution in [0.5, 0.6) is 0 Å². The van der Waals surface area contributed by atoms with Crippen LogP contribution in [0.25, 0.3) is 0 Å². The molecule has 5 heteroatoms. The molecule has 4 aliphatic carbocycles. The predicted molar refractivity (Wildman–Crippen MR) is 103 cm³/mol. The molecule has 2 N–H and O–H groups in total. The van der Waals surface area contributed by atoms with Crippen molar-refractivity contribution in [3.05, 3.63) is 29.8 Å². The van der Waals surface area contributed by atoms with Gasteiger partial charge in [-0.05, 0) is 80.8 Å². The first-order chi connectivity index (χ1) is 12.5. The van der Waals surface area contributed by atoms with Crippen molar-refractivity contribution in [2.45, 2.75) is 56.8 Å². The molecule has 0 heterocycles. The summed E-state index contributed by atoms with van der Waals surface area (Å²) in [6.07, 6.45) is 8.36. The molecule has 0 spiro atoms. The Kier molecular flexibility index (Phi) is 5.00. The largest absolute Gasteiger partial charge is 0.273 e. The van der Waals surface area contributed by atoms with Gasteiger partial charge in [-0.3, -0.25) is 20.4 Å². The molecular formula is C21H28N2O2S. The quantitative estimate of drug-likeness (QED) is 0.610. The molecule has 5 rings (SSSR count). The molecule has 0 saturated heterocycles. The van der Waals surface area contributed by atoms with E-state index in [-0.39, 0.29) is 17.2 Å². The van der Waals surface area contributed by atoms with Crippen LogP contribution in [0, 0.1) is 30.1 Å². The topological polar surface area (TPSA) is 58.2 Å². The summed E-state index contributed by atoms with van der Waals surface area (Å²) in [6.45, 7) is 2.04. The Balaban J connectivity index is 1.21. The van der Waals surface area contributed by atoms with E-state index in [1.54, 1.807) is 0 Å². The highest BCUT2D eigenvalue weighted by Crippen LogP contribution is 2.61. The Morgan fingerprint density at radius 3 is 2.08 bits per heavy atom. The molecule has 1 aromatic carbocycles. The smallest absolute Gasteiger partial charge is 0.248 e. The average molecular weight is 373 g/mol. The Labute approximate surface area is 159 Å². The van der Waals surface area contributed by atoms with Crippen molar-refractivity contribution in [1.82, 2.24) is 10.9 Å². The molecule has 0 atom stereocenters. The van der Waals surface area contributed by atoms with Crippen molar-refractivity contribution >= 4 is 23.6 Å². The van der Waals surface area contributed by atoms with Crippen LogP contribution in [-0.4, -0.2) is 17.6 Å². The number of hydrazine groups is 1. The predicted octanol–water partition coefficient (Wildman–Crippen LogP) is 3.84. The fraction of sp³-hybridized carbons (Fsp3) is 0.619. The summed E-state index contributed by atoms with van der Waals surface area (Å²) in [7, 11) is 0. The summed E-state index contributed by atoms with van der Waals surface area (Å²) in [5, 5.41) is 0. The lowest BCUT2D eigenvalue weighted by Crippen LogP contribution is -2.50. The SMILES string of the molecule is Cc1ccc(SCC(=O)NNC(=O)CC23CC4CC(CC(C4)C2)C3)cc1. The van der Waals surface area contributed by atoms with Gasteiger partial charge >= 0.3 is 0 Å². The molecule has 26 heavy (non-hydrogen) atoms. The normalized spacial score (nSPS) is 31.7. The lowest BCUT2D eigenvalue weighted by molar-refractivity contribution is -0.133. The summed E-state index contributed by atoms with van der Waals surface area (Å²) in [4.78, 5) is 25.5. The Hall–Kier alpha value is -1.49. The van der Waals surface area contributed by atoms with Gasteiger partial charge in [0.05, 0.1) is 5.75 Å². The first-order valence-corrected chi connectivity index (χ1v) is 10.8. The number of nitrogens with one attached hydrogen (secondary N) is 2. The van der Waals surface area contributed by atoms with E-state index in [0.29, 0.717) is 12.2 Å². The molecule has 1 aromatic rings. The van der Waals surface area contributed by atoms with Gasteiger partial charge in [-0.15, -0.1) is 11.8 Å². The monoisotopic (exact) mass is 372 g/mol. The van der Waals surface area contributed by atoms with Gasteiger partial charge < -0.3 is 0 Å². The number of benzene rings is 1. The van der Waals surface area contributed by atoms with Crippen LogP contribution < -0.4 is 10.9 Å². The van der Waals surface area contributed by atoms with E-state index < -0.39 is 0 Å². The zero-order valence-electron chi connectivity index (χ0n) is 15.4. The molecule has 2 amide bonds. The number of hydrogen-bond donors (Lipinski definition) is 2. The third-order valence-corrected chi connectivity index (χ3v) is 7.44. The summed E-state index contributed by atoms with van der Waals surface area (Å²) >= 11 is 1.48. The maximum Gasteiger partial charge on any atom is 0.248 e. The van der Waals surface area contributed by atoms with E-state index in [2.05, 4.69) is 10.9 Å². The van der Waals surface area contributed by atoms with E-state index in [1.807, 2.05) is 31.2 Å². The van der Waals surface area contributed by atoms with Gasteiger partial charge in [-0.1, -0.05) is 17.7 Å². The van der Waals surface area contributed by atoms with Crippen LogP contribution >= 0.6 is 11.8 Å². The van der Waals surface area contributed by atoms with E-state index in [9.17, 15) is 9.59 Å². The molecular weight excluding hydrogens is 344 g/mol. The van der Waals surface area contributed by atoms with Gasteiger partial charge in [0.25, 0.3) is 0 Å². The van der Waals surface area contributed by atoms with Crippen LogP contribution in [0.3, 0.4) is 0 Å². The van der Waals surface area contributed by atoms with Crippen LogP contribution in [0.15, 0.2) is 29.2 Å². The van der Waals surface area contributed by atoms with Crippen molar-refractivity contribution in [3.8, 4) is 0 Å². The number of rotatable bonds is 5. The van der Waals surface area contributed by atoms with Crippen LogP contribution in [-0.2, 0) is 9.59 Å². The molecule has 4 saturated carbocycles. The minimum absolute atomic E-state index is 0.0272. The average Bonchev–Trinajstić information content (AvgIpc) is 2.58. The fourth-order valence-corrected chi connectivity index (χ4v) is 6.55. The third kappa shape index (κ3) is 4.08. The second-order valence-electron chi connectivity index (χ2n) is 8.79. The second-order valence-corrected chi connectivity index (χ2v) is 9.84. The molecule has 0 unspecified atom stereocenters. The molecule has 0 aliphatic heterocycles. The fourth-order valence-electron chi connectivity index (χ4n) is 5.85. The highest BCUT2D eigenvalue weighted by molar-refractivity contribution is 8.00. The zero-order valence-corrected chi connectivity index (χ0v) is 16.2. The van der Waals surface area contributed by atoms with Gasteiger partial charge in [-0.25, -0.2) is 0 Å². The minimum atomic E-state index is -0.158. The number of carbonyl (C=O) groups excluding carboxylic acids is 2. The molecule has 4 nitrogen and oxygen atoms in total. The maximum atomic E-state index is 12.4. The van der Waals surface area contributed by atoms with Crippen molar-refractivity contribution in [2.75, 3.05) is 5.75 Å². The van der Waals surface area contributed by atoms with Gasteiger partial charge in [-0.2, -0.15) is 0 Å². The zero-order chi connectivity index (χ0) is 18.1. The molecule has 0 radical (unpaired) electrons. The first-order valence-electron chi connectivity index (χ1n) is 9.77. The molecule has 4 bridgehead atoms. The van der Waals surface area contributed by atoms with Crippen molar-refractivity contribution in [2.24, 2.45) is 23.2 Å². The number of carbonyl (C=O) groups is 2. The standard InChI is InChI=1S/C21H28N2O2S/c1-14-2-4-18(5-3-14)26-13-20(25)23-22-19(24)12-21-9-15-6-16(10-21)8-17(7-15)11-21/h2-5,15-17H,6-13H2,1H3,(H,22,24)(H,23,25). The number of hydrogen-bond acceptors (Lipinski definition) is 3. The van der Waals surface area contributed by atoms with Crippen molar-refractivity contribution < 1.29 is 9.59 Å². The van der Waals surface area contributed by atoms with Gasteiger partial charge in [0.1, 0.15) is 0 Å². The Morgan fingerprint density at radius 1 is 0.962 bits per heavy atom. The van der Waals surface area contributed by atoms with E-state index in [1.165, 1.54) is 55.9 Å². The molecule has 0 aromatic heterocycles. The van der Waals surface area contributed by atoms with Crippen molar-refractivity contribution in [3.63, 3.8) is 0 Å². The number of amides is 2. The summed E-state index contributed by atoms with van der Waals surface area (Å²) < 4.78 is 0. The lowest BCUT2D eigenvalue weighted by Gasteiger charge is -2.56. The summed E-state index contributed by atoms with van der Waals surface area (Å²) in [5.74, 6) is 2.65. The first kappa shape index (κ1) is 17.9. The maximum absolute atomic E-state index is 12.4. The minimum Gasteiger partial charge on any atom is -0.273 e. The highest BCUT2D eigenvalue weighted by Gasteiger charge is 2.51. The molecule has 4 fully saturated rings. The second kappa shape index (κ2) is 7.26. The van der Waals surface area contributed by atoms with Crippen LogP contribution in [0.2, 0.25) is 0 Å². The van der Waals surface area contributed by atoms with Gasteiger partial charge in [0, 0.05) is 11.3 Å². The van der Waals surface area contributed by atoms with Gasteiger partial charge in [0.2, 0.25) is 11.8 Å². The third-order valence-electron chi connectivity index (χ3n) is 6.43. The summed E-state index contributed by atoms with van der Waals surface area (Å²) in [6, 6.07) is 8.10. The Morgan fingerprint density at radius 2 is 1.50 bits per heavy atom. The number of aryl methyl sites for hydroxylation is 1. The highest BCUT2D eigenvalue weighted by atomic mass is 32.2. The lowest BCUT2D eigenvalue weighted by atomic mass is 9.49. The van der Waals surface area contributed by atoms with Crippen LogP contribution in [0.1, 0.15) is 50.5 Å². The van der Waals surface area contributed by atoms with Crippen LogP contribution in [0.4, 0.5) is 0 Å². The Bertz CT molecular complexity index is 650. The van der Waals surface area contributed by atoms with E-state index in [4.69, 9.17) is 0 Å². The molecule has 4 aliphatic rings. The summed E-state index contributed by atoms with van der Waals surface area (Å²) in [5.41, 5.74) is 6.65. The number of thioether (sulfide) groups is 1. The van der Waals surface area contributed by atoms with E-state index in [0.717, 1.165) is 22.6 Å². The van der Waals surface area contributed by atoms with E-state index >= 15 is 0 Å². The van der Waals surface area contributed by atoms with Gasteiger partial charge in [0.15, 0.2) is 0 Å². The molecule has 140 valence electrons. The van der Waals surface area contributed by atoms with Crippen molar-refractivity contribution in [1.29, 1.82) is 0 Å².